The first-order chi connectivity index (χ1) is 10.1. The molecule has 0 aliphatic rings. The van der Waals surface area contributed by atoms with Crippen LogP contribution in [-0.4, -0.2) is 14.8 Å². The molecule has 1 aromatic carbocycles. The van der Waals surface area contributed by atoms with Crippen LogP contribution >= 0.6 is 12.2 Å². The average Bonchev–Trinajstić information content (AvgIpc) is 2.96. The molecule has 112 valence electrons. The molecule has 2 aromatic rings. The van der Waals surface area contributed by atoms with Gasteiger partial charge in [-0.15, -0.1) is 0 Å². The van der Waals surface area contributed by atoms with Crippen molar-refractivity contribution in [1.82, 2.24) is 9.78 Å². The van der Waals surface area contributed by atoms with Crippen molar-refractivity contribution in [3.63, 3.8) is 0 Å². The average molecular weight is 303 g/mol. The summed E-state index contributed by atoms with van der Waals surface area (Å²) in [5.41, 5.74) is 7.34. The zero-order valence-electron chi connectivity index (χ0n) is 12.5. The van der Waals surface area contributed by atoms with Crippen molar-refractivity contribution >= 4 is 17.2 Å². The van der Waals surface area contributed by atoms with Gasteiger partial charge in [0.05, 0.1) is 11.7 Å². The smallest absolute Gasteiger partial charge is 0.132 e. The van der Waals surface area contributed by atoms with Crippen LogP contribution in [0.3, 0.4) is 0 Å². The van der Waals surface area contributed by atoms with Crippen molar-refractivity contribution in [3.05, 3.63) is 47.8 Å². The van der Waals surface area contributed by atoms with Crippen molar-refractivity contribution in [2.75, 3.05) is 0 Å². The van der Waals surface area contributed by atoms with Gasteiger partial charge in [-0.25, -0.2) is 0 Å². The Morgan fingerprint density at radius 1 is 1.24 bits per heavy atom. The molecule has 0 radical (unpaired) electrons. The molecule has 0 amide bonds. The maximum absolute atomic E-state index is 5.73. The molecule has 1 heterocycles. The Morgan fingerprint density at radius 2 is 1.90 bits per heavy atom. The number of ether oxygens (including phenoxy) is 1. The third kappa shape index (κ3) is 4.04. The largest absolute Gasteiger partial charge is 0.487 e. The van der Waals surface area contributed by atoms with E-state index in [0.29, 0.717) is 17.6 Å². The minimum absolute atomic E-state index is 0.394. The molecule has 2 rings (SSSR count). The second-order valence-electron chi connectivity index (χ2n) is 4.93. The van der Waals surface area contributed by atoms with Gasteiger partial charge >= 0.3 is 0 Å². The van der Waals surface area contributed by atoms with Crippen LogP contribution in [0.15, 0.2) is 36.5 Å². The van der Waals surface area contributed by atoms with Crippen LogP contribution in [0, 0.1) is 0 Å². The minimum Gasteiger partial charge on any atom is -0.487 e. The number of hydrogen-bond acceptors (Lipinski definition) is 3. The highest BCUT2D eigenvalue weighted by Gasteiger charge is 2.08. The van der Waals surface area contributed by atoms with Gasteiger partial charge in [0, 0.05) is 11.8 Å². The molecule has 0 saturated carbocycles. The van der Waals surface area contributed by atoms with E-state index in [1.165, 1.54) is 0 Å². The normalized spacial score (nSPS) is 10.8. The predicted octanol–water partition coefficient (Wildman–Crippen LogP) is 3.46. The molecule has 5 heteroatoms. The van der Waals surface area contributed by atoms with E-state index in [1.807, 2.05) is 41.2 Å². The number of nitrogens with zero attached hydrogens (tertiary/aromatic N) is 2. The van der Waals surface area contributed by atoms with E-state index in [0.717, 1.165) is 29.8 Å². The van der Waals surface area contributed by atoms with Gasteiger partial charge in [0.15, 0.2) is 0 Å². The van der Waals surface area contributed by atoms with Crippen LogP contribution in [0.25, 0.3) is 0 Å². The van der Waals surface area contributed by atoms with Crippen LogP contribution in [-0.2, 0) is 6.61 Å². The van der Waals surface area contributed by atoms with Crippen LogP contribution in [0.5, 0.6) is 5.75 Å². The van der Waals surface area contributed by atoms with Crippen LogP contribution in [0.1, 0.15) is 44.0 Å². The summed E-state index contributed by atoms with van der Waals surface area (Å²) in [6.45, 7) is 4.81. The van der Waals surface area contributed by atoms with E-state index >= 15 is 0 Å². The number of aromatic nitrogens is 2. The van der Waals surface area contributed by atoms with E-state index < -0.39 is 0 Å². The van der Waals surface area contributed by atoms with Gasteiger partial charge in [0.25, 0.3) is 0 Å². The second-order valence-corrected chi connectivity index (χ2v) is 5.37. The Hall–Kier alpha value is -1.88. The summed E-state index contributed by atoms with van der Waals surface area (Å²) in [4.78, 5) is 0.394. The monoisotopic (exact) mass is 303 g/mol. The Morgan fingerprint density at radius 3 is 2.48 bits per heavy atom. The lowest BCUT2D eigenvalue weighted by Crippen LogP contribution is -2.09. The molecule has 0 aliphatic heterocycles. The Balaban J connectivity index is 1.95. The van der Waals surface area contributed by atoms with E-state index in [2.05, 4.69) is 18.9 Å². The molecule has 2 N–H and O–H groups in total. The van der Waals surface area contributed by atoms with Gasteiger partial charge in [-0.3, -0.25) is 4.68 Å². The quantitative estimate of drug-likeness (QED) is 0.796. The first-order valence-electron chi connectivity index (χ1n) is 7.20. The summed E-state index contributed by atoms with van der Waals surface area (Å²) in [7, 11) is 0. The van der Waals surface area contributed by atoms with Crippen LogP contribution in [0.4, 0.5) is 0 Å². The molecular weight excluding hydrogens is 282 g/mol. The fourth-order valence-corrected chi connectivity index (χ4v) is 2.33. The van der Waals surface area contributed by atoms with Crippen LogP contribution in [0.2, 0.25) is 0 Å². The molecule has 0 saturated heterocycles. The number of hydrogen-bond donors (Lipinski definition) is 1. The van der Waals surface area contributed by atoms with Gasteiger partial charge in [0.2, 0.25) is 0 Å². The highest BCUT2D eigenvalue weighted by atomic mass is 32.1. The van der Waals surface area contributed by atoms with Crippen molar-refractivity contribution < 1.29 is 4.74 Å². The topological polar surface area (TPSA) is 53.1 Å². The van der Waals surface area contributed by atoms with E-state index in [-0.39, 0.29) is 0 Å². The third-order valence-electron chi connectivity index (χ3n) is 3.51. The third-order valence-corrected chi connectivity index (χ3v) is 3.74. The Bertz CT molecular complexity index is 588. The van der Waals surface area contributed by atoms with Crippen LogP contribution < -0.4 is 10.5 Å². The van der Waals surface area contributed by atoms with Gasteiger partial charge in [-0.05, 0) is 43.2 Å². The highest BCUT2D eigenvalue weighted by Crippen LogP contribution is 2.16. The highest BCUT2D eigenvalue weighted by molar-refractivity contribution is 7.80. The SMILES string of the molecule is CCC(CC)n1ccc(COc2ccc(C(N)=S)cc2)n1. The summed E-state index contributed by atoms with van der Waals surface area (Å²) >= 11 is 4.92. The summed E-state index contributed by atoms with van der Waals surface area (Å²) in [5, 5.41) is 4.56. The van der Waals surface area contributed by atoms with Gasteiger partial charge in [-0.2, -0.15) is 5.10 Å². The molecule has 1 aromatic heterocycles. The standard InChI is InChI=1S/C16H21N3OS/c1-3-14(4-2)19-10-9-13(18-19)11-20-15-7-5-12(6-8-15)16(17)21/h5-10,14H,3-4,11H2,1-2H3,(H2,17,21). The maximum Gasteiger partial charge on any atom is 0.132 e. The minimum atomic E-state index is 0.394. The lowest BCUT2D eigenvalue weighted by molar-refractivity contribution is 0.297. The van der Waals surface area contributed by atoms with Gasteiger partial charge in [-0.1, -0.05) is 26.1 Å². The number of rotatable bonds is 7. The van der Waals surface area contributed by atoms with E-state index in [9.17, 15) is 0 Å². The summed E-state index contributed by atoms with van der Waals surface area (Å²) in [6.07, 6.45) is 4.18. The predicted molar refractivity (Wildman–Crippen MR) is 88.5 cm³/mol. The molecule has 0 bridgehead atoms. The van der Waals surface area contributed by atoms with Crippen molar-refractivity contribution in [3.8, 4) is 5.75 Å². The molecule has 0 atom stereocenters. The summed E-state index contributed by atoms with van der Waals surface area (Å²) in [6, 6.07) is 9.92. The summed E-state index contributed by atoms with van der Waals surface area (Å²) < 4.78 is 7.75. The van der Waals surface area contributed by atoms with Crippen molar-refractivity contribution in [2.24, 2.45) is 5.73 Å². The molecular formula is C16H21N3OS. The lowest BCUT2D eigenvalue weighted by Gasteiger charge is -2.12. The van der Waals surface area contributed by atoms with Gasteiger partial charge in [0.1, 0.15) is 17.3 Å². The van der Waals surface area contributed by atoms with Gasteiger partial charge < -0.3 is 10.5 Å². The zero-order chi connectivity index (χ0) is 15.2. The van der Waals surface area contributed by atoms with Crippen molar-refractivity contribution in [1.29, 1.82) is 0 Å². The molecule has 0 unspecified atom stereocenters. The lowest BCUT2D eigenvalue weighted by atomic mass is 10.2. The zero-order valence-corrected chi connectivity index (χ0v) is 13.3. The Labute approximate surface area is 130 Å². The summed E-state index contributed by atoms with van der Waals surface area (Å²) in [5.74, 6) is 0.784. The van der Waals surface area contributed by atoms with E-state index in [4.69, 9.17) is 22.7 Å². The van der Waals surface area contributed by atoms with Crippen molar-refractivity contribution in [2.45, 2.75) is 39.3 Å². The first-order valence-corrected chi connectivity index (χ1v) is 7.61. The first kappa shape index (κ1) is 15.5. The van der Waals surface area contributed by atoms with E-state index in [1.54, 1.807) is 0 Å². The number of benzene rings is 1. The molecule has 0 aliphatic carbocycles. The number of nitrogens with two attached hydrogens (primary N) is 1. The molecule has 0 fully saturated rings. The number of thiocarbonyl (C=S) groups is 1. The second kappa shape index (κ2) is 7.22. The molecule has 21 heavy (non-hydrogen) atoms. The fraction of sp³-hybridized carbons (Fsp3) is 0.375. The Kier molecular flexibility index (Phi) is 5.33. The maximum atomic E-state index is 5.73. The molecule has 0 spiro atoms. The fourth-order valence-electron chi connectivity index (χ4n) is 2.19. The molecule has 4 nitrogen and oxygen atoms in total.